The number of aryl methyl sites for hydroxylation is 2. The molecule has 0 N–H and O–H groups in total. The van der Waals surface area contributed by atoms with E-state index in [-0.39, 0.29) is 5.97 Å². The maximum Gasteiger partial charge on any atom is 0.310 e. The van der Waals surface area contributed by atoms with Crippen molar-refractivity contribution in [2.24, 2.45) is 0 Å². The van der Waals surface area contributed by atoms with Crippen LogP contribution in [0.4, 0.5) is 0 Å². The van der Waals surface area contributed by atoms with Crippen LogP contribution in [0.1, 0.15) is 44.1 Å². The summed E-state index contributed by atoms with van der Waals surface area (Å²) in [5.74, 6) is -0.189. The fraction of sp³-hybridized carbons (Fsp3) is 0.692. The monoisotopic (exact) mass is 238 g/mol. The van der Waals surface area contributed by atoms with Gasteiger partial charge in [-0.3, -0.25) is 9.48 Å². The molecule has 0 radical (unpaired) electrons. The molecule has 1 heterocycles. The molecule has 1 rings (SSSR count). The van der Waals surface area contributed by atoms with Gasteiger partial charge < -0.3 is 4.74 Å². The van der Waals surface area contributed by atoms with Gasteiger partial charge in [-0.2, -0.15) is 5.10 Å². The van der Waals surface area contributed by atoms with E-state index < -0.39 is 0 Å². The molecule has 0 amide bonds. The van der Waals surface area contributed by atoms with Crippen molar-refractivity contribution in [3.8, 4) is 0 Å². The Morgan fingerprint density at radius 1 is 1.29 bits per heavy atom. The van der Waals surface area contributed by atoms with Crippen molar-refractivity contribution in [3.05, 3.63) is 17.0 Å². The molecule has 0 bridgehead atoms. The Hall–Kier alpha value is -1.32. The molecule has 4 heteroatoms. The maximum atomic E-state index is 11.4. The molecule has 0 aromatic carbocycles. The first-order valence-corrected chi connectivity index (χ1v) is 6.32. The highest BCUT2D eigenvalue weighted by Gasteiger charge is 2.17. The van der Waals surface area contributed by atoms with Crippen molar-refractivity contribution in [1.82, 2.24) is 9.78 Å². The number of ether oxygens (including phenoxy) is 1. The molecule has 0 fully saturated rings. The van der Waals surface area contributed by atoms with Crippen LogP contribution in [-0.2, 0) is 35.3 Å². The van der Waals surface area contributed by atoms with Crippen LogP contribution < -0.4 is 0 Å². The summed E-state index contributed by atoms with van der Waals surface area (Å²) < 4.78 is 6.79. The molecule has 0 unspecified atom stereocenters. The number of nitrogens with zero attached hydrogens (tertiary/aromatic N) is 2. The molecular weight excluding hydrogens is 216 g/mol. The fourth-order valence-electron chi connectivity index (χ4n) is 2.09. The van der Waals surface area contributed by atoms with Crippen LogP contribution in [0, 0.1) is 0 Å². The Bertz CT molecular complexity index is 383. The number of esters is 1. The number of carbonyl (C=O) groups excluding carboxylic acids is 1. The van der Waals surface area contributed by atoms with Crippen molar-refractivity contribution in [2.75, 3.05) is 7.11 Å². The molecule has 1 aromatic heterocycles. The minimum atomic E-state index is -0.189. The Morgan fingerprint density at radius 2 is 2.00 bits per heavy atom. The highest BCUT2D eigenvalue weighted by Crippen LogP contribution is 2.18. The zero-order valence-corrected chi connectivity index (χ0v) is 11.2. The van der Waals surface area contributed by atoms with Gasteiger partial charge in [0, 0.05) is 17.8 Å². The molecule has 0 aliphatic carbocycles. The molecule has 1 aromatic rings. The molecule has 4 nitrogen and oxygen atoms in total. The van der Waals surface area contributed by atoms with Crippen LogP contribution in [0.25, 0.3) is 0 Å². The van der Waals surface area contributed by atoms with E-state index in [0.717, 1.165) is 37.1 Å². The van der Waals surface area contributed by atoms with Gasteiger partial charge in [0.2, 0.25) is 0 Å². The number of rotatable bonds is 6. The highest BCUT2D eigenvalue weighted by molar-refractivity contribution is 5.73. The third-order valence-corrected chi connectivity index (χ3v) is 2.90. The predicted octanol–water partition coefficient (Wildman–Crippen LogP) is 2.13. The van der Waals surface area contributed by atoms with Crippen LogP contribution in [0.5, 0.6) is 0 Å². The molecule has 0 aliphatic heterocycles. The molecule has 0 spiro atoms. The first kappa shape index (κ1) is 13.7. The van der Waals surface area contributed by atoms with Crippen molar-refractivity contribution >= 4 is 5.97 Å². The smallest absolute Gasteiger partial charge is 0.310 e. The Labute approximate surface area is 103 Å². The van der Waals surface area contributed by atoms with Crippen molar-refractivity contribution in [1.29, 1.82) is 0 Å². The number of aromatic nitrogens is 2. The number of methoxy groups -OCH3 is 1. The SMILES string of the molecule is CCCn1nc(CC)c(CC(=O)OC)c1CC. The van der Waals surface area contributed by atoms with Gasteiger partial charge in [0.05, 0.1) is 19.2 Å². The van der Waals surface area contributed by atoms with E-state index in [4.69, 9.17) is 4.74 Å². The highest BCUT2D eigenvalue weighted by atomic mass is 16.5. The lowest BCUT2D eigenvalue weighted by Gasteiger charge is -2.06. The predicted molar refractivity (Wildman–Crippen MR) is 67.0 cm³/mol. The zero-order chi connectivity index (χ0) is 12.8. The lowest BCUT2D eigenvalue weighted by Crippen LogP contribution is -2.09. The Morgan fingerprint density at radius 3 is 2.47 bits per heavy atom. The molecule has 0 atom stereocenters. The topological polar surface area (TPSA) is 44.1 Å². The lowest BCUT2D eigenvalue weighted by atomic mass is 10.1. The summed E-state index contributed by atoms with van der Waals surface area (Å²) >= 11 is 0. The Kier molecular flexibility index (Phi) is 5.19. The van der Waals surface area contributed by atoms with Gasteiger partial charge in [-0.05, 0) is 19.3 Å². The molecule has 0 saturated carbocycles. The molecule has 96 valence electrons. The average Bonchev–Trinajstić information content (AvgIpc) is 2.66. The van der Waals surface area contributed by atoms with E-state index in [0.29, 0.717) is 6.42 Å². The third kappa shape index (κ3) is 3.08. The number of hydrogen-bond donors (Lipinski definition) is 0. The largest absolute Gasteiger partial charge is 0.469 e. The van der Waals surface area contributed by atoms with E-state index in [1.165, 1.54) is 12.8 Å². The summed E-state index contributed by atoms with van der Waals surface area (Å²) in [6.45, 7) is 7.21. The van der Waals surface area contributed by atoms with Crippen LogP contribution in [-0.4, -0.2) is 22.9 Å². The van der Waals surface area contributed by atoms with Crippen molar-refractivity contribution in [3.63, 3.8) is 0 Å². The maximum absolute atomic E-state index is 11.4. The summed E-state index contributed by atoms with van der Waals surface area (Å²) in [5, 5.41) is 4.59. The number of carbonyl (C=O) groups is 1. The molecular formula is C13H22N2O2. The molecule has 17 heavy (non-hydrogen) atoms. The fourth-order valence-corrected chi connectivity index (χ4v) is 2.09. The summed E-state index contributed by atoms with van der Waals surface area (Å²) in [7, 11) is 1.43. The van der Waals surface area contributed by atoms with Crippen LogP contribution in [0.15, 0.2) is 0 Å². The summed E-state index contributed by atoms with van der Waals surface area (Å²) in [4.78, 5) is 11.4. The lowest BCUT2D eigenvalue weighted by molar-refractivity contribution is -0.139. The minimum Gasteiger partial charge on any atom is -0.469 e. The molecule has 0 aliphatic rings. The summed E-state index contributed by atoms with van der Waals surface area (Å²) in [6, 6.07) is 0. The minimum absolute atomic E-state index is 0.189. The van der Waals surface area contributed by atoms with E-state index in [9.17, 15) is 4.79 Å². The quantitative estimate of drug-likeness (QED) is 0.713. The average molecular weight is 238 g/mol. The van der Waals surface area contributed by atoms with Gasteiger partial charge in [-0.1, -0.05) is 20.8 Å². The van der Waals surface area contributed by atoms with E-state index in [2.05, 4.69) is 25.9 Å². The first-order chi connectivity index (χ1) is 8.17. The summed E-state index contributed by atoms with van der Waals surface area (Å²) in [5.41, 5.74) is 3.27. The van der Waals surface area contributed by atoms with Crippen LogP contribution in [0.2, 0.25) is 0 Å². The van der Waals surface area contributed by atoms with Crippen molar-refractivity contribution < 1.29 is 9.53 Å². The second kappa shape index (κ2) is 6.42. The van der Waals surface area contributed by atoms with Crippen LogP contribution in [0.3, 0.4) is 0 Å². The van der Waals surface area contributed by atoms with Gasteiger partial charge in [-0.15, -0.1) is 0 Å². The summed E-state index contributed by atoms with van der Waals surface area (Å²) in [6.07, 6.45) is 3.15. The second-order valence-corrected chi connectivity index (χ2v) is 4.06. The second-order valence-electron chi connectivity index (χ2n) is 4.06. The molecule has 0 saturated heterocycles. The first-order valence-electron chi connectivity index (χ1n) is 6.32. The van der Waals surface area contributed by atoms with Gasteiger partial charge in [0.15, 0.2) is 0 Å². The zero-order valence-electron chi connectivity index (χ0n) is 11.2. The third-order valence-electron chi connectivity index (χ3n) is 2.90. The van der Waals surface area contributed by atoms with E-state index >= 15 is 0 Å². The Balaban J connectivity index is 3.09. The van der Waals surface area contributed by atoms with Crippen LogP contribution >= 0.6 is 0 Å². The standard InChI is InChI=1S/C13H22N2O2/c1-5-8-15-12(7-3)10(9-13(16)17-4)11(6-2)14-15/h5-9H2,1-4H3. The van der Waals surface area contributed by atoms with Gasteiger partial charge in [0.25, 0.3) is 0 Å². The van der Waals surface area contributed by atoms with E-state index in [1.54, 1.807) is 0 Å². The van der Waals surface area contributed by atoms with Gasteiger partial charge in [-0.25, -0.2) is 0 Å². The van der Waals surface area contributed by atoms with Crippen molar-refractivity contribution in [2.45, 2.75) is 53.0 Å². The van der Waals surface area contributed by atoms with Gasteiger partial charge >= 0.3 is 5.97 Å². The number of hydrogen-bond acceptors (Lipinski definition) is 3. The van der Waals surface area contributed by atoms with E-state index in [1.807, 2.05) is 4.68 Å². The van der Waals surface area contributed by atoms with Gasteiger partial charge in [0.1, 0.15) is 0 Å². The normalized spacial score (nSPS) is 10.6.